The molecule has 9 heteroatoms. The average molecular weight is 453 g/mol. The van der Waals surface area contributed by atoms with Gasteiger partial charge in [0.05, 0.1) is 20.1 Å². The van der Waals surface area contributed by atoms with Gasteiger partial charge < -0.3 is 19.7 Å². The number of hydrogen-bond acceptors (Lipinski definition) is 7. The second-order valence-electron chi connectivity index (χ2n) is 7.45. The van der Waals surface area contributed by atoms with Crippen LogP contribution >= 0.6 is 11.3 Å². The molecular weight excluding hydrogens is 428 g/mol. The third-order valence-corrected chi connectivity index (χ3v) is 6.24. The van der Waals surface area contributed by atoms with Crippen LogP contribution in [0.4, 0.5) is 10.8 Å². The lowest BCUT2D eigenvalue weighted by Crippen LogP contribution is -2.28. The van der Waals surface area contributed by atoms with Gasteiger partial charge in [0.15, 0.2) is 0 Å². The first-order valence-corrected chi connectivity index (χ1v) is 11.1. The molecule has 4 rings (SSSR count). The molecule has 0 unspecified atom stereocenters. The molecule has 166 valence electrons. The van der Waals surface area contributed by atoms with E-state index < -0.39 is 5.92 Å². The average Bonchev–Trinajstić information content (AvgIpc) is 3.44. The molecule has 32 heavy (non-hydrogen) atoms. The Balaban J connectivity index is 1.32. The van der Waals surface area contributed by atoms with Crippen LogP contribution in [0.3, 0.4) is 0 Å². The Morgan fingerprint density at radius 2 is 1.88 bits per heavy atom. The summed E-state index contributed by atoms with van der Waals surface area (Å²) < 4.78 is 10.4. The molecule has 0 bridgehead atoms. The molecule has 1 aliphatic heterocycles. The maximum absolute atomic E-state index is 12.7. The van der Waals surface area contributed by atoms with Crippen LogP contribution in [-0.4, -0.2) is 42.8 Å². The van der Waals surface area contributed by atoms with Gasteiger partial charge in [-0.1, -0.05) is 29.5 Å². The van der Waals surface area contributed by atoms with Crippen LogP contribution in [0.25, 0.3) is 0 Å². The molecule has 2 amide bonds. The maximum atomic E-state index is 12.7. The largest absolute Gasteiger partial charge is 0.497 e. The number of amides is 2. The van der Waals surface area contributed by atoms with Crippen molar-refractivity contribution in [1.82, 2.24) is 10.2 Å². The van der Waals surface area contributed by atoms with Crippen LogP contribution in [-0.2, 0) is 22.4 Å². The molecule has 2 heterocycles. The zero-order valence-electron chi connectivity index (χ0n) is 17.9. The maximum Gasteiger partial charge on any atom is 0.231 e. The number of carbonyl (C=O) groups excluding carboxylic acids is 2. The first kappa shape index (κ1) is 21.8. The number of hydrogen-bond donors (Lipinski definition) is 1. The highest BCUT2D eigenvalue weighted by molar-refractivity contribution is 7.15. The highest BCUT2D eigenvalue weighted by Gasteiger charge is 2.35. The fraction of sp³-hybridized carbons (Fsp3) is 0.304. The fourth-order valence-electron chi connectivity index (χ4n) is 3.57. The van der Waals surface area contributed by atoms with E-state index in [0.29, 0.717) is 17.4 Å². The zero-order valence-corrected chi connectivity index (χ0v) is 18.7. The molecule has 2 aromatic carbocycles. The third kappa shape index (κ3) is 5.05. The molecule has 1 N–H and O–H groups in total. The molecule has 1 fully saturated rings. The Bertz CT molecular complexity index is 1100. The Kier molecular flexibility index (Phi) is 6.65. The molecule has 0 radical (unpaired) electrons. The molecule has 0 spiro atoms. The van der Waals surface area contributed by atoms with Crippen molar-refractivity contribution < 1.29 is 19.1 Å². The second-order valence-corrected chi connectivity index (χ2v) is 8.51. The number of benzene rings is 2. The number of aromatic nitrogens is 2. The van der Waals surface area contributed by atoms with E-state index in [2.05, 4.69) is 15.5 Å². The number of rotatable bonds is 8. The first-order chi connectivity index (χ1) is 15.6. The Labute approximate surface area is 190 Å². The van der Waals surface area contributed by atoms with Crippen molar-refractivity contribution in [2.45, 2.75) is 19.3 Å². The molecular formula is C23H24N4O4S. The summed E-state index contributed by atoms with van der Waals surface area (Å²) >= 11 is 1.36. The number of methoxy groups -OCH3 is 2. The van der Waals surface area contributed by atoms with E-state index in [0.717, 1.165) is 29.3 Å². The summed E-state index contributed by atoms with van der Waals surface area (Å²) in [6.07, 6.45) is 1.71. The molecule has 1 saturated heterocycles. The molecule has 3 aromatic rings. The van der Waals surface area contributed by atoms with Gasteiger partial charge >= 0.3 is 0 Å². The van der Waals surface area contributed by atoms with E-state index in [1.807, 2.05) is 42.5 Å². The number of aryl methyl sites for hydroxylation is 2. The van der Waals surface area contributed by atoms with Crippen molar-refractivity contribution in [3.63, 3.8) is 0 Å². The highest BCUT2D eigenvalue weighted by atomic mass is 32.1. The van der Waals surface area contributed by atoms with Crippen molar-refractivity contribution >= 4 is 34.0 Å². The number of nitrogens with one attached hydrogen (secondary N) is 1. The summed E-state index contributed by atoms with van der Waals surface area (Å²) in [5, 5.41) is 12.4. The summed E-state index contributed by atoms with van der Waals surface area (Å²) in [4.78, 5) is 26.8. The molecule has 1 atom stereocenters. The van der Waals surface area contributed by atoms with Crippen molar-refractivity contribution in [2.24, 2.45) is 5.92 Å². The lowest BCUT2D eigenvalue weighted by Gasteiger charge is -2.17. The minimum absolute atomic E-state index is 0.0872. The third-order valence-electron chi connectivity index (χ3n) is 5.34. The van der Waals surface area contributed by atoms with Gasteiger partial charge in [0.1, 0.15) is 16.5 Å². The van der Waals surface area contributed by atoms with Gasteiger partial charge in [-0.3, -0.25) is 9.59 Å². The standard InChI is InChI=1S/C23H24N4O4S/c1-30-18-9-6-15(7-10-18)8-11-20-25-26-23(32-20)24-22(29)16-12-21(28)27(14-16)17-4-3-5-19(13-17)31-2/h3-7,9-10,13,16H,8,11-12,14H2,1-2H3,(H,24,26,29)/t16-/m1/s1. The Morgan fingerprint density at radius 3 is 2.62 bits per heavy atom. The van der Waals surface area contributed by atoms with Crippen LogP contribution < -0.4 is 19.7 Å². The fourth-order valence-corrected chi connectivity index (χ4v) is 4.31. The normalized spacial score (nSPS) is 15.6. The van der Waals surface area contributed by atoms with Gasteiger partial charge in [0, 0.05) is 31.1 Å². The van der Waals surface area contributed by atoms with Crippen LogP contribution in [0.15, 0.2) is 48.5 Å². The van der Waals surface area contributed by atoms with Crippen molar-refractivity contribution in [3.05, 3.63) is 59.1 Å². The van der Waals surface area contributed by atoms with Crippen LogP contribution in [0.2, 0.25) is 0 Å². The van der Waals surface area contributed by atoms with Crippen molar-refractivity contribution in [1.29, 1.82) is 0 Å². The summed E-state index contributed by atoms with van der Waals surface area (Å²) in [5.41, 5.74) is 1.90. The van der Waals surface area contributed by atoms with Crippen molar-refractivity contribution in [3.8, 4) is 11.5 Å². The first-order valence-electron chi connectivity index (χ1n) is 10.3. The summed E-state index contributed by atoms with van der Waals surface area (Å²) in [7, 11) is 3.22. The van der Waals surface area contributed by atoms with Crippen LogP contribution in [0.1, 0.15) is 17.0 Å². The van der Waals surface area contributed by atoms with E-state index in [-0.39, 0.29) is 18.2 Å². The van der Waals surface area contributed by atoms with E-state index in [1.165, 1.54) is 16.9 Å². The van der Waals surface area contributed by atoms with E-state index >= 15 is 0 Å². The van der Waals surface area contributed by atoms with Crippen molar-refractivity contribution in [2.75, 3.05) is 31.0 Å². The Hall–Kier alpha value is -3.46. The minimum Gasteiger partial charge on any atom is -0.497 e. The van der Waals surface area contributed by atoms with Gasteiger partial charge in [0.25, 0.3) is 0 Å². The minimum atomic E-state index is -0.444. The number of nitrogens with zero attached hydrogens (tertiary/aromatic N) is 3. The van der Waals surface area contributed by atoms with Gasteiger partial charge in [-0.2, -0.15) is 0 Å². The number of ether oxygens (including phenoxy) is 2. The van der Waals surface area contributed by atoms with Crippen LogP contribution in [0, 0.1) is 5.92 Å². The lowest BCUT2D eigenvalue weighted by molar-refractivity contribution is -0.122. The highest BCUT2D eigenvalue weighted by Crippen LogP contribution is 2.29. The van der Waals surface area contributed by atoms with E-state index in [9.17, 15) is 9.59 Å². The molecule has 8 nitrogen and oxygen atoms in total. The zero-order chi connectivity index (χ0) is 22.5. The van der Waals surface area contributed by atoms with E-state index in [1.54, 1.807) is 25.2 Å². The Morgan fingerprint density at radius 1 is 1.09 bits per heavy atom. The van der Waals surface area contributed by atoms with Gasteiger partial charge in [-0.15, -0.1) is 10.2 Å². The summed E-state index contributed by atoms with van der Waals surface area (Å²) in [5.74, 6) is 0.738. The smallest absolute Gasteiger partial charge is 0.231 e. The van der Waals surface area contributed by atoms with Gasteiger partial charge in [0.2, 0.25) is 16.9 Å². The van der Waals surface area contributed by atoms with Gasteiger partial charge in [-0.25, -0.2) is 0 Å². The molecule has 0 saturated carbocycles. The monoisotopic (exact) mass is 452 g/mol. The number of anilines is 2. The topological polar surface area (TPSA) is 93.7 Å². The summed E-state index contributed by atoms with van der Waals surface area (Å²) in [6.45, 7) is 0.320. The summed E-state index contributed by atoms with van der Waals surface area (Å²) in [6, 6.07) is 15.2. The predicted octanol–water partition coefficient (Wildman–Crippen LogP) is 3.33. The predicted molar refractivity (Wildman–Crippen MR) is 122 cm³/mol. The molecule has 1 aliphatic rings. The quantitative estimate of drug-likeness (QED) is 0.564. The second kappa shape index (κ2) is 9.78. The lowest BCUT2D eigenvalue weighted by atomic mass is 10.1. The van der Waals surface area contributed by atoms with E-state index in [4.69, 9.17) is 9.47 Å². The van der Waals surface area contributed by atoms with Crippen LogP contribution in [0.5, 0.6) is 11.5 Å². The van der Waals surface area contributed by atoms with Gasteiger partial charge in [-0.05, 0) is 36.2 Å². The SMILES string of the molecule is COc1ccc(CCc2nnc(NC(=O)[C@@H]3CC(=O)N(c4cccc(OC)c4)C3)s2)cc1. The molecule has 0 aliphatic carbocycles. The molecule has 1 aromatic heterocycles. The number of carbonyl (C=O) groups is 2.